The van der Waals surface area contributed by atoms with Gasteiger partial charge < -0.3 is 9.32 Å². The Morgan fingerprint density at radius 2 is 1.73 bits per heavy atom. The molecule has 2 aromatic carbocycles. The second kappa shape index (κ2) is 7.73. The highest BCUT2D eigenvalue weighted by molar-refractivity contribution is 5.77. The highest BCUT2D eigenvalue weighted by atomic mass is 16.3. The first kappa shape index (κ1) is 18.2. The van der Waals surface area contributed by atoms with E-state index >= 15 is 0 Å². The highest BCUT2D eigenvalue weighted by Crippen LogP contribution is 2.20. The second-order valence-electron chi connectivity index (χ2n) is 7.41. The van der Waals surface area contributed by atoms with E-state index in [9.17, 15) is 4.79 Å². The van der Waals surface area contributed by atoms with Gasteiger partial charge in [-0.2, -0.15) is 0 Å². The molecule has 3 aromatic rings. The third-order valence-electron chi connectivity index (χ3n) is 4.34. The van der Waals surface area contributed by atoms with E-state index in [1.165, 1.54) is 5.56 Å². The molecular weight excluding hydrogens is 324 g/mol. The number of aryl methyl sites for hydroxylation is 2. The molecule has 0 fully saturated rings. The molecule has 0 aliphatic rings. The largest absolute Gasteiger partial charge is 0.439 e. The van der Waals surface area contributed by atoms with E-state index in [4.69, 9.17) is 4.42 Å². The van der Waals surface area contributed by atoms with Crippen LogP contribution < -0.4 is 0 Å². The molecule has 4 nitrogen and oxygen atoms in total. The normalized spacial score (nSPS) is 11.3. The van der Waals surface area contributed by atoms with Crippen LogP contribution >= 0.6 is 0 Å². The van der Waals surface area contributed by atoms with Gasteiger partial charge in [0.25, 0.3) is 0 Å². The minimum Gasteiger partial charge on any atom is -0.439 e. The number of nitrogens with zero attached hydrogens (tertiary/aromatic N) is 2. The Hall–Kier alpha value is -2.62. The Labute approximate surface area is 154 Å². The highest BCUT2D eigenvalue weighted by Gasteiger charge is 2.19. The Morgan fingerprint density at radius 3 is 2.42 bits per heavy atom. The average molecular weight is 350 g/mol. The second-order valence-corrected chi connectivity index (χ2v) is 7.41. The molecule has 0 radical (unpaired) electrons. The Morgan fingerprint density at radius 1 is 1.04 bits per heavy atom. The molecule has 0 atom stereocenters. The number of oxazole rings is 1. The molecule has 1 heterocycles. The maximum absolute atomic E-state index is 12.8. The molecule has 0 N–H and O–H groups in total. The van der Waals surface area contributed by atoms with E-state index in [-0.39, 0.29) is 5.91 Å². The first-order valence-corrected chi connectivity index (χ1v) is 9.10. The van der Waals surface area contributed by atoms with Crippen LogP contribution in [0.2, 0.25) is 0 Å². The van der Waals surface area contributed by atoms with Crippen LogP contribution in [0.25, 0.3) is 11.1 Å². The predicted molar refractivity (Wildman–Crippen MR) is 104 cm³/mol. The van der Waals surface area contributed by atoms with Gasteiger partial charge in [-0.05, 0) is 43.0 Å². The number of carbonyl (C=O) groups is 1. The zero-order chi connectivity index (χ0) is 18.7. The first-order chi connectivity index (χ1) is 12.4. The number of benzene rings is 2. The van der Waals surface area contributed by atoms with E-state index in [0.717, 1.165) is 22.2 Å². The summed E-state index contributed by atoms with van der Waals surface area (Å²) in [5, 5.41) is 0. The maximum atomic E-state index is 12.8. The van der Waals surface area contributed by atoms with Gasteiger partial charge in [0.1, 0.15) is 5.52 Å². The quantitative estimate of drug-likeness (QED) is 0.627. The fraction of sp³-hybridized carbons (Fsp3) is 0.364. The summed E-state index contributed by atoms with van der Waals surface area (Å²) in [6, 6.07) is 14.2. The van der Waals surface area contributed by atoms with Crippen molar-refractivity contribution in [3.63, 3.8) is 0 Å². The van der Waals surface area contributed by atoms with Crippen LogP contribution in [0.3, 0.4) is 0 Å². The summed E-state index contributed by atoms with van der Waals surface area (Å²) in [5.74, 6) is 1.02. The van der Waals surface area contributed by atoms with Gasteiger partial charge in [-0.3, -0.25) is 4.79 Å². The zero-order valence-corrected chi connectivity index (χ0v) is 16.0. The lowest BCUT2D eigenvalue weighted by atomic mass is 10.1. The molecule has 3 rings (SSSR count). The summed E-state index contributed by atoms with van der Waals surface area (Å²) in [7, 11) is 0. The summed E-state index contributed by atoms with van der Waals surface area (Å²) < 4.78 is 5.86. The van der Waals surface area contributed by atoms with Crippen molar-refractivity contribution >= 4 is 17.0 Å². The molecule has 1 amide bonds. The number of amides is 1. The number of carbonyl (C=O) groups excluding carboxylic acids is 1. The van der Waals surface area contributed by atoms with Crippen molar-refractivity contribution in [1.82, 2.24) is 9.88 Å². The van der Waals surface area contributed by atoms with Gasteiger partial charge in [0.05, 0.1) is 6.54 Å². The molecule has 0 unspecified atom stereocenters. The van der Waals surface area contributed by atoms with Crippen LogP contribution in [0.1, 0.15) is 42.8 Å². The topological polar surface area (TPSA) is 46.3 Å². The van der Waals surface area contributed by atoms with Crippen LogP contribution in [0, 0.1) is 19.8 Å². The number of rotatable bonds is 6. The van der Waals surface area contributed by atoms with Crippen molar-refractivity contribution in [1.29, 1.82) is 0 Å². The van der Waals surface area contributed by atoms with E-state index in [1.54, 1.807) is 0 Å². The van der Waals surface area contributed by atoms with Gasteiger partial charge in [-0.25, -0.2) is 4.98 Å². The molecule has 26 heavy (non-hydrogen) atoms. The number of hydrogen-bond donors (Lipinski definition) is 0. The van der Waals surface area contributed by atoms with Crippen LogP contribution in [0.15, 0.2) is 46.9 Å². The molecule has 0 saturated carbocycles. The third kappa shape index (κ3) is 4.51. The van der Waals surface area contributed by atoms with Gasteiger partial charge in [0, 0.05) is 13.0 Å². The Balaban J connectivity index is 1.83. The zero-order valence-electron chi connectivity index (χ0n) is 16.0. The molecular formula is C22H26N2O2. The number of aromatic nitrogens is 1. The minimum absolute atomic E-state index is 0.124. The van der Waals surface area contributed by atoms with Crippen molar-refractivity contribution in [2.75, 3.05) is 0 Å². The van der Waals surface area contributed by atoms with E-state index in [2.05, 4.69) is 50.0 Å². The molecule has 0 saturated heterocycles. The molecule has 0 aliphatic carbocycles. The fourth-order valence-corrected chi connectivity index (χ4v) is 2.94. The summed E-state index contributed by atoms with van der Waals surface area (Å²) in [4.78, 5) is 19.2. The summed E-state index contributed by atoms with van der Waals surface area (Å²) in [5.41, 5.74) is 5.07. The fourth-order valence-electron chi connectivity index (χ4n) is 2.94. The monoisotopic (exact) mass is 350 g/mol. The first-order valence-electron chi connectivity index (χ1n) is 9.10. The molecule has 0 bridgehead atoms. The van der Waals surface area contributed by atoms with E-state index in [1.807, 2.05) is 30.0 Å². The molecule has 1 aromatic heterocycles. The van der Waals surface area contributed by atoms with Crippen LogP contribution in [-0.4, -0.2) is 15.8 Å². The molecule has 136 valence electrons. The number of fused-ring (bicyclic) bond motifs is 1. The summed E-state index contributed by atoms with van der Waals surface area (Å²) >= 11 is 0. The van der Waals surface area contributed by atoms with E-state index < -0.39 is 0 Å². The van der Waals surface area contributed by atoms with Crippen molar-refractivity contribution < 1.29 is 9.21 Å². The minimum atomic E-state index is 0.124. The number of hydrogen-bond acceptors (Lipinski definition) is 3. The van der Waals surface area contributed by atoms with Crippen LogP contribution in [0.4, 0.5) is 0 Å². The van der Waals surface area contributed by atoms with Gasteiger partial charge in [-0.1, -0.05) is 49.7 Å². The van der Waals surface area contributed by atoms with Gasteiger partial charge >= 0.3 is 0 Å². The lowest BCUT2D eigenvalue weighted by Gasteiger charge is -2.22. The van der Waals surface area contributed by atoms with Crippen LogP contribution in [-0.2, 0) is 17.9 Å². The smallest absolute Gasteiger partial charge is 0.223 e. The predicted octanol–water partition coefficient (Wildman–Crippen LogP) is 5.02. The van der Waals surface area contributed by atoms with E-state index in [0.29, 0.717) is 31.3 Å². The van der Waals surface area contributed by atoms with Crippen molar-refractivity contribution in [2.24, 2.45) is 5.92 Å². The maximum Gasteiger partial charge on any atom is 0.223 e. The third-order valence-corrected chi connectivity index (χ3v) is 4.34. The standard InChI is InChI=1S/C22H26N2O2/c1-15(2)11-22(25)24(13-18-8-5-16(3)6-9-18)14-21-23-19-12-17(4)7-10-20(19)26-21/h5-10,12,15H,11,13-14H2,1-4H3. The van der Waals surface area contributed by atoms with Gasteiger partial charge in [0.15, 0.2) is 5.58 Å². The molecule has 4 heteroatoms. The Bertz CT molecular complexity index is 894. The Kier molecular flexibility index (Phi) is 5.40. The van der Waals surface area contributed by atoms with Crippen molar-refractivity contribution in [2.45, 2.75) is 47.2 Å². The van der Waals surface area contributed by atoms with Crippen molar-refractivity contribution in [3.05, 3.63) is 65.0 Å². The molecule has 0 aliphatic heterocycles. The van der Waals surface area contributed by atoms with Crippen LogP contribution in [0.5, 0.6) is 0 Å². The molecule has 0 spiro atoms. The van der Waals surface area contributed by atoms with Gasteiger partial charge in [-0.15, -0.1) is 0 Å². The lowest BCUT2D eigenvalue weighted by Crippen LogP contribution is -2.31. The summed E-state index contributed by atoms with van der Waals surface area (Å²) in [6.45, 7) is 9.15. The lowest BCUT2D eigenvalue weighted by molar-refractivity contribution is -0.133. The summed E-state index contributed by atoms with van der Waals surface area (Å²) in [6.07, 6.45) is 0.519. The SMILES string of the molecule is Cc1ccc(CN(Cc2nc3cc(C)ccc3o2)C(=O)CC(C)C)cc1. The average Bonchev–Trinajstić information content (AvgIpc) is 2.97. The van der Waals surface area contributed by atoms with Crippen molar-refractivity contribution in [3.8, 4) is 0 Å². The van der Waals surface area contributed by atoms with Gasteiger partial charge in [0.2, 0.25) is 11.8 Å².